The minimum Gasteiger partial charge on any atom is -0.466 e. The van der Waals surface area contributed by atoms with Gasteiger partial charge in [-0.1, -0.05) is 42.5 Å². The molecule has 2 aromatic carbocycles. The quantitative estimate of drug-likeness (QED) is 0.250. The Bertz CT molecular complexity index is 917. The Balaban J connectivity index is 1.56. The van der Waals surface area contributed by atoms with Gasteiger partial charge in [0.15, 0.2) is 5.11 Å². The van der Waals surface area contributed by atoms with Crippen molar-refractivity contribution in [1.29, 1.82) is 0 Å². The summed E-state index contributed by atoms with van der Waals surface area (Å²) in [5.41, 5.74) is 2.99. The molecule has 0 atom stereocenters. The van der Waals surface area contributed by atoms with E-state index < -0.39 is 0 Å². The van der Waals surface area contributed by atoms with Crippen LogP contribution < -0.4 is 16.0 Å². The van der Waals surface area contributed by atoms with E-state index in [-0.39, 0.29) is 35.7 Å². The number of nitrogens with one attached hydrogen (secondary N) is 3. The number of carbonyl (C=O) groups excluding carboxylic acids is 3. The number of ether oxygens (including phenoxy) is 1. The van der Waals surface area contributed by atoms with Crippen LogP contribution in [0.4, 0.5) is 5.69 Å². The molecule has 176 valence electrons. The maximum atomic E-state index is 12.0. The molecule has 0 saturated heterocycles. The fourth-order valence-electron chi connectivity index (χ4n) is 3.06. The average Bonchev–Trinajstić information content (AvgIpc) is 2.81. The third-order valence-electron chi connectivity index (χ3n) is 4.88. The van der Waals surface area contributed by atoms with E-state index in [9.17, 15) is 14.4 Å². The summed E-state index contributed by atoms with van der Waals surface area (Å²) in [5, 5.41) is 8.35. The molecule has 2 amide bonds. The molecule has 0 heterocycles. The predicted octanol–water partition coefficient (Wildman–Crippen LogP) is 3.52. The van der Waals surface area contributed by atoms with Gasteiger partial charge in [0, 0.05) is 32.0 Å². The van der Waals surface area contributed by atoms with Gasteiger partial charge in [-0.05, 0) is 61.2 Å². The van der Waals surface area contributed by atoms with Crippen molar-refractivity contribution in [2.45, 2.75) is 44.9 Å². The van der Waals surface area contributed by atoms with Crippen molar-refractivity contribution in [2.75, 3.05) is 19.0 Å². The molecule has 8 heteroatoms. The lowest BCUT2D eigenvalue weighted by atomic mass is 10.1. The number of anilines is 1. The Hall–Kier alpha value is -3.26. The fraction of sp³-hybridized carbons (Fsp3) is 0.360. The van der Waals surface area contributed by atoms with E-state index in [4.69, 9.17) is 17.0 Å². The van der Waals surface area contributed by atoms with Crippen molar-refractivity contribution in [3.05, 3.63) is 65.7 Å². The summed E-state index contributed by atoms with van der Waals surface area (Å²) in [4.78, 5) is 35.2. The summed E-state index contributed by atoms with van der Waals surface area (Å²) in [6.07, 6.45) is 3.47. The van der Waals surface area contributed by atoms with Gasteiger partial charge in [0.25, 0.3) is 0 Å². The Morgan fingerprint density at radius 2 is 1.52 bits per heavy atom. The Labute approximate surface area is 200 Å². The number of rotatable bonds is 12. The lowest BCUT2D eigenvalue weighted by molar-refractivity contribution is -0.143. The maximum absolute atomic E-state index is 12.0. The molecule has 0 aromatic heterocycles. The number of thiocarbonyl (C=S) groups is 1. The van der Waals surface area contributed by atoms with Gasteiger partial charge in [0.2, 0.25) is 11.8 Å². The average molecular weight is 470 g/mol. The zero-order valence-corrected chi connectivity index (χ0v) is 19.7. The van der Waals surface area contributed by atoms with Gasteiger partial charge in [-0.15, -0.1) is 0 Å². The molecule has 33 heavy (non-hydrogen) atoms. The second-order valence-corrected chi connectivity index (χ2v) is 7.94. The third kappa shape index (κ3) is 11.2. The van der Waals surface area contributed by atoms with Gasteiger partial charge in [-0.2, -0.15) is 0 Å². The molecule has 0 saturated carbocycles. The molecule has 0 spiro atoms. The third-order valence-corrected chi connectivity index (χ3v) is 5.09. The highest BCUT2D eigenvalue weighted by molar-refractivity contribution is 7.80. The summed E-state index contributed by atoms with van der Waals surface area (Å²) in [7, 11) is 1.62. The van der Waals surface area contributed by atoms with Gasteiger partial charge < -0.3 is 20.7 Å². The standard InChI is InChI=1S/C25H31N3O4S/c1-26-22(29)17-14-20-12-15-21(16-13-20)27-25(33)28-23(30)10-5-11-24(31)32-18-6-9-19-7-3-2-4-8-19/h2-4,7-8,12-13,15-16H,5-6,9-11,14,17-18H2,1H3,(H,26,29)(H2,27,28,30,33). The zero-order valence-electron chi connectivity index (χ0n) is 18.9. The SMILES string of the molecule is CNC(=O)CCc1ccc(NC(=S)NC(=O)CCCC(=O)OCCCc2ccccc2)cc1. The number of aryl methyl sites for hydroxylation is 2. The molecule has 0 fully saturated rings. The van der Waals surface area contributed by atoms with Crippen LogP contribution in [-0.2, 0) is 32.0 Å². The second kappa shape index (κ2) is 14.7. The summed E-state index contributed by atoms with van der Waals surface area (Å²) in [6.45, 7) is 0.374. The van der Waals surface area contributed by atoms with Crippen LogP contribution in [0, 0.1) is 0 Å². The number of esters is 1. The van der Waals surface area contributed by atoms with Crippen LogP contribution in [0.15, 0.2) is 54.6 Å². The van der Waals surface area contributed by atoms with Crippen LogP contribution in [-0.4, -0.2) is 36.6 Å². The first-order valence-electron chi connectivity index (χ1n) is 11.1. The van der Waals surface area contributed by atoms with Crippen LogP contribution in [0.1, 0.15) is 43.2 Å². The molecule has 2 aromatic rings. The number of amides is 2. The summed E-state index contributed by atoms with van der Waals surface area (Å²) < 4.78 is 5.22. The van der Waals surface area contributed by atoms with Gasteiger partial charge in [-0.3, -0.25) is 14.4 Å². The van der Waals surface area contributed by atoms with Gasteiger partial charge >= 0.3 is 5.97 Å². The number of hydrogen-bond donors (Lipinski definition) is 3. The fourth-order valence-corrected chi connectivity index (χ4v) is 3.29. The number of carbonyl (C=O) groups is 3. The topological polar surface area (TPSA) is 96.5 Å². The van der Waals surface area contributed by atoms with Crippen molar-refractivity contribution in [3.63, 3.8) is 0 Å². The van der Waals surface area contributed by atoms with E-state index in [0.717, 1.165) is 24.1 Å². The smallest absolute Gasteiger partial charge is 0.305 e. The minimum absolute atomic E-state index is 0.00240. The van der Waals surface area contributed by atoms with Gasteiger partial charge in [0.05, 0.1) is 6.61 Å². The Morgan fingerprint density at radius 1 is 0.818 bits per heavy atom. The first-order chi connectivity index (χ1) is 16.0. The van der Waals surface area contributed by atoms with Crippen LogP contribution in [0.3, 0.4) is 0 Å². The van der Waals surface area contributed by atoms with Crippen LogP contribution in [0.2, 0.25) is 0 Å². The summed E-state index contributed by atoms with van der Waals surface area (Å²) >= 11 is 5.17. The second-order valence-electron chi connectivity index (χ2n) is 7.54. The molecule has 0 aliphatic rings. The van der Waals surface area contributed by atoms with Gasteiger partial charge in [-0.25, -0.2) is 0 Å². The highest BCUT2D eigenvalue weighted by atomic mass is 32.1. The molecule has 3 N–H and O–H groups in total. The summed E-state index contributed by atoms with van der Waals surface area (Å²) in [6, 6.07) is 17.5. The van der Waals surface area contributed by atoms with E-state index in [1.54, 1.807) is 7.05 Å². The Morgan fingerprint density at radius 3 is 2.21 bits per heavy atom. The largest absolute Gasteiger partial charge is 0.466 e. The molecule has 0 aliphatic carbocycles. The van der Waals surface area contributed by atoms with Crippen molar-refractivity contribution in [2.24, 2.45) is 0 Å². The maximum Gasteiger partial charge on any atom is 0.305 e. The van der Waals surface area contributed by atoms with E-state index >= 15 is 0 Å². The van der Waals surface area contributed by atoms with Gasteiger partial charge in [0.1, 0.15) is 0 Å². The van der Waals surface area contributed by atoms with E-state index in [1.165, 1.54) is 5.56 Å². The van der Waals surface area contributed by atoms with Crippen LogP contribution in [0.5, 0.6) is 0 Å². The van der Waals surface area contributed by atoms with Crippen molar-refractivity contribution in [1.82, 2.24) is 10.6 Å². The summed E-state index contributed by atoms with van der Waals surface area (Å²) in [5.74, 6) is -0.558. The first-order valence-corrected chi connectivity index (χ1v) is 11.5. The first kappa shape index (κ1) is 26.0. The number of benzene rings is 2. The molecule has 0 aliphatic heterocycles. The van der Waals surface area contributed by atoms with Crippen molar-refractivity contribution < 1.29 is 19.1 Å². The van der Waals surface area contributed by atoms with Crippen molar-refractivity contribution in [3.8, 4) is 0 Å². The predicted molar refractivity (Wildman–Crippen MR) is 133 cm³/mol. The molecular formula is C25H31N3O4S. The zero-order chi connectivity index (χ0) is 23.9. The highest BCUT2D eigenvalue weighted by Crippen LogP contribution is 2.11. The minimum atomic E-state index is -0.298. The monoisotopic (exact) mass is 469 g/mol. The Kier molecular flexibility index (Phi) is 11.6. The molecule has 0 radical (unpaired) electrons. The molecule has 2 rings (SSSR count). The normalized spacial score (nSPS) is 10.2. The number of hydrogen-bond acceptors (Lipinski definition) is 5. The van der Waals surface area contributed by atoms with Crippen LogP contribution in [0.25, 0.3) is 0 Å². The lowest BCUT2D eigenvalue weighted by Crippen LogP contribution is -2.34. The van der Waals surface area contributed by atoms with E-state index in [0.29, 0.717) is 25.9 Å². The molecule has 0 bridgehead atoms. The lowest BCUT2D eigenvalue weighted by Gasteiger charge is -2.10. The van der Waals surface area contributed by atoms with Crippen LogP contribution >= 0.6 is 12.2 Å². The van der Waals surface area contributed by atoms with E-state index in [2.05, 4.69) is 16.0 Å². The van der Waals surface area contributed by atoms with Crippen molar-refractivity contribution >= 4 is 40.8 Å². The highest BCUT2D eigenvalue weighted by Gasteiger charge is 2.08. The molecular weight excluding hydrogens is 438 g/mol. The molecule has 0 unspecified atom stereocenters. The molecule has 7 nitrogen and oxygen atoms in total. The van der Waals surface area contributed by atoms with E-state index in [1.807, 2.05) is 54.6 Å².